The number of carbonyl (C=O) groups is 1. The van der Waals surface area contributed by atoms with Gasteiger partial charge in [-0.25, -0.2) is 9.18 Å². The molecule has 26 heavy (non-hydrogen) atoms. The highest BCUT2D eigenvalue weighted by Crippen LogP contribution is 2.32. The van der Waals surface area contributed by atoms with Crippen molar-refractivity contribution in [2.45, 2.75) is 18.9 Å². The van der Waals surface area contributed by atoms with E-state index in [0.29, 0.717) is 18.3 Å². The van der Waals surface area contributed by atoms with E-state index in [1.807, 2.05) is 30.3 Å². The smallest absolute Gasteiger partial charge is 0.322 e. The van der Waals surface area contributed by atoms with Gasteiger partial charge in [0, 0.05) is 12.1 Å². The van der Waals surface area contributed by atoms with Crippen molar-refractivity contribution in [3.8, 4) is 11.4 Å². The summed E-state index contributed by atoms with van der Waals surface area (Å²) in [5, 5.41) is 6.63. The summed E-state index contributed by atoms with van der Waals surface area (Å²) in [6.45, 7) is 0.550. The molecular weight excluding hydrogens is 335 g/mol. The van der Waals surface area contributed by atoms with Gasteiger partial charge in [-0.2, -0.15) is 4.98 Å². The van der Waals surface area contributed by atoms with E-state index in [4.69, 9.17) is 4.52 Å². The van der Waals surface area contributed by atoms with Crippen LogP contribution in [0.5, 0.6) is 0 Å². The molecule has 4 rings (SSSR count). The van der Waals surface area contributed by atoms with Crippen LogP contribution in [-0.2, 0) is 0 Å². The summed E-state index contributed by atoms with van der Waals surface area (Å²) in [4.78, 5) is 18.6. The van der Waals surface area contributed by atoms with Gasteiger partial charge < -0.3 is 14.7 Å². The first-order chi connectivity index (χ1) is 12.7. The van der Waals surface area contributed by atoms with Crippen molar-refractivity contribution in [1.82, 2.24) is 15.0 Å². The lowest BCUT2D eigenvalue weighted by molar-refractivity contribution is 0.193. The molecule has 1 unspecified atom stereocenters. The van der Waals surface area contributed by atoms with E-state index >= 15 is 0 Å². The van der Waals surface area contributed by atoms with Crippen molar-refractivity contribution in [2.24, 2.45) is 0 Å². The molecule has 2 amide bonds. The Balaban J connectivity index is 1.53. The monoisotopic (exact) mass is 352 g/mol. The number of benzene rings is 2. The minimum absolute atomic E-state index is 0.152. The Morgan fingerprint density at radius 1 is 1.15 bits per heavy atom. The molecule has 132 valence electrons. The lowest BCUT2D eigenvalue weighted by Gasteiger charge is -2.22. The third-order valence-corrected chi connectivity index (χ3v) is 4.39. The number of aromatic nitrogens is 2. The van der Waals surface area contributed by atoms with Gasteiger partial charge in [0.15, 0.2) is 0 Å². The first-order valence-electron chi connectivity index (χ1n) is 8.43. The Labute approximate surface area is 149 Å². The number of hydrogen-bond acceptors (Lipinski definition) is 4. The highest BCUT2D eigenvalue weighted by atomic mass is 19.1. The molecule has 1 aromatic heterocycles. The average molecular weight is 352 g/mol. The second-order valence-electron chi connectivity index (χ2n) is 6.08. The summed E-state index contributed by atoms with van der Waals surface area (Å²) in [5.41, 5.74) is 1.00. The summed E-state index contributed by atoms with van der Waals surface area (Å²) >= 11 is 0. The van der Waals surface area contributed by atoms with Crippen LogP contribution in [0.4, 0.5) is 14.9 Å². The van der Waals surface area contributed by atoms with Gasteiger partial charge in [0.2, 0.25) is 11.7 Å². The molecule has 1 aliphatic heterocycles. The molecule has 3 aromatic rings. The van der Waals surface area contributed by atoms with Gasteiger partial charge in [-0.3, -0.25) is 0 Å². The Kier molecular flexibility index (Phi) is 4.35. The predicted octanol–water partition coefficient (Wildman–Crippen LogP) is 4.24. The standard InChI is InChI=1S/C19H17FN4O2/c20-14-9-4-5-10-15(14)21-19(25)24-12-6-11-16(24)18-22-17(23-26-18)13-7-2-1-3-8-13/h1-5,7-10,16H,6,11-12H2,(H,21,25). The predicted molar refractivity (Wildman–Crippen MR) is 93.8 cm³/mol. The first-order valence-corrected chi connectivity index (χ1v) is 8.43. The fourth-order valence-electron chi connectivity index (χ4n) is 3.09. The van der Waals surface area contributed by atoms with Crippen molar-refractivity contribution in [3.05, 3.63) is 66.3 Å². The normalized spacial score (nSPS) is 16.7. The zero-order chi connectivity index (χ0) is 17.9. The maximum Gasteiger partial charge on any atom is 0.322 e. The van der Waals surface area contributed by atoms with E-state index in [1.165, 1.54) is 12.1 Å². The number of likely N-dealkylation sites (tertiary alicyclic amines) is 1. The Hall–Kier alpha value is -3.22. The van der Waals surface area contributed by atoms with E-state index in [0.717, 1.165) is 18.4 Å². The number of hydrogen-bond donors (Lipinski definition) is 1. The van der Waals surface area contributed by atoms with E-state index in [-0.39, 0.29) is 17.8 Å². The second kappa shape index (κ2) is 6.95. The first kappa shape index (κ1) is 16.3. The molecule has 2 heterocycles. The van der Waals surface area contributed by atoms with Crippen LogP contribution >= 0.6 is 0 Å². The summed E-state index contributed by atoms with van der Waals surface area (Å²) in [7, 11) is 0. The maximum atomic E-state index is 13.8. The molecule has 1 atom stereocenters. The number of urea groups is 1. The van der Waals surface area contributed by atoms with Crippen LogP contribution in [0.2, 0.25) is 0 Å². The van der Waals surface area contributed by atoms with Crippen LogP contribution in [-0.4, -0.2) is 27.6 Å². The van der Waals surface area contributed by atoms with Crippen LogP contribution in [0.15, 0.2) is 59.1 Å². The number of nitrogens with zero attached hydrogens (tertiary/aromatic N) is 3. The van der Waals surface area contributed by atoms with Gasteiger partial charge in [-0.1, -0.05) is 47.6 Å². The Bertz CT molecular complexity index is 913. The Morgan fingerprint density at radius 3 is 2.73 bits per heavy atom. The van der Waals surface area contributed by atoms with Gasteiger partial charge in [0.05, 0.1) is 5.69 Å². The van der Waals surface area contributed by atoms with Gasteiger partial charge in [-0.15, -0.1) is 0 Å². The number of nitrogens with one attached hydrogen (secondary N) is 1. The summed E-state index contributed by atoms with van der Waals surface area (Å²) in [6.07, 6.45) is 1.54. The molecule has 1 saturated heterocycles. The molecule has 0 aliphatic carbocycles. The number of anilines is 1. The lowest BCUT2D eigenvalue weighted by Crippen LogP contribution is -2.34. The minimum atomic E-state index is -0.472. The Morgan fingerprint density at radius 2 is 1.92 bits per heavy atom. The number of amides is 2. The zero-order valence-corrected chi connectivity index (χ0v) is 13.9. The van der Waals surface area contributed by atoms with Crippen LogP contribution < -0.4 is 5.32 Å². The highest BCUT2D eigenvalue weighted by molar-refractivity contribution is 5.89. The van der Waals surface area contributed by atoms with Gasteiger partial charge >= 0.3 is 6.03 Å². The molecule has 0 saturated carbocycles. The van der Waals surface area contributed by atoms with Crippen molar-refractivity contribution in [1.29, 1.82) is 0 Å². The maximum absolute atomic E-state index is 13.8. The van der Waals surface area contributed by atoms with Gasteiger partial charge in [0.1, 0.15) is 11.9 Å². The fourth-order valence-corrected chi connectivity index (χ4v) is 3.09. The number of carbonyl (C=O) groups excluding carboxylic acids is 1. The van der Waals surface area contributed by atoms with Gasteiger partial charge in [-0.05, 0) is 25.0 Å². The SMILES string of the molecule is O=C(Nc1ccccc1F)N1CCCC1c1nc(-c2ccccc2)no1. The topological polar surface area (TPSA) is 71.3 Å². The minimum Gasteiger partial charge on any atom is -0.337 e. The molecule has 0 bridgehead atoms. The van der Waals surface area contributed by atoms with Crippen LogP contribution in [0.25, 0.3) is 11.4 Å². The number of rotatable bonds is 3. The summed E-state index contributed by atoms with van der Waals surface area (Å²) in [5.74, 6) is 0.410. The molecule has 1 N–H and O–H groups in total. The molecule has 2 aromatic carbocycles. The molecule has 7 heteroatoms. The largest absolute Gasteiger partial charge is 0.337 e. The third-order valence-electron chi connectivity index (χ3n) is 4.39. The van der Waals surface area contributed by atoms with Crippen molar-refractivity contribution < 1.29 is 13.7 Å². The highest BCUT2D eigenvalue weighted by Gasteiger charge is 2.34. The lowest BCUT2D eigenvalue weighted by atomic mass is 10.2. The quantitative estimate of drug-likeness (QED) is 0.765. The number of halogens is 1. The fraction of sp³-hybridized carbons (Fsp3) is 0.211. The van der Waals surface area contributed by atoms with E-state index in [2.05, 4.69) is 15.5 Å². The molecule has 0 spiro atoms. The number of para-hydroxylation sites is 1. The van der Waals surface area contributed by atoms with Gasteiger partial charge in [0.25, 0.3) is 0 Å². The zero-order valence-electron chi connectivity index (χ0n) is 13.9. The molecule has 6 nitrogen and oxygen atoms in total. The van der Waals surface area contributed by atoms with Crippen molar-refractivity contribution in [2.75, 3.05) is 11.9 Å². The summed E-state index contributed by atoms with van der Waals surface area (Å²) < 4.78 is 19.2. The van der Waals surface area contributed by atoms with E-state index < -0.39 is 5.82 Å². The third kappa shape index (κ3) is 3.15. The molecule has 1 aliphatic rings. The van der Waals surface area contributed by atoms with Crippen LogP contribution in [0.3, 0.4) is 0 Å². The molecule has 0 radical (unpaired) electrons. The van der Waals surface area contributed by atoms with E-state index in [1.54, 1.807) is 17.0 Å². The molecule has 1 fully saturated rings. The van der Waals surface area contributed by atoms with E-state index in [9.17, 15) is 9.18 Å². The van der Waals surface area contributed by atoms with Crippen molar-refractivity contribution in [3.63, 3.8) is 0 Å². The van der Waals surface area contributed by atoms with Crippen LogP contribution in [0, 0.1) is 5.82 Å². The van der Waals surface area contributed by atoms with Crippen molar-refractivity contribution >= 4 is 11.7 Å². The average Bonchev–Trinajstić information content (AvgIpc) is 3.33. The summed E-state index contributed by atoms with van der Waals surface area (Å²) in [6, 6.07) is 14.9. The van der Waals surface area contributed by atoms with Crippen LogP contribution in [0.1, 0.15) is 24.8 Å². The molecular formula is C19H17FN4O2. The second-order valence-corrected chi connectivity index (χ2v) is 6.08.